The Morgan fingerprint density at radius 2 is 1.70 bits per heavy atom. The number of nitrogens with zero attached hydrogens (tertiary/aromatic N) is 2. The number of carbonyl (C=O) groups is 2. The van der Waals surface area contributed by atoms with E-state index in [-0.39, 0.29) is 6.61 Å². The molecule has 150 valence electrons. The molecule has 2 aromatic heterocycles. The van der Waals surface area contributed by atoms with Crippen LogP contribution in [-0.4, -0.2) is 28.5 Å². The van der Waals surface area contributed by atoms with Gasteiger partial charge in [0.05, 0.1) is 5.39 Å². The standard InChI is InChI=1S/C22H18N4O3S/c27-18(26-22(28)23-11-15-7-3-1-4-8-15)12-29-20-19-17(16-9-5-2-6-10-16)13-30-21(19)25-14-24-20/h1-10,13-14H,11-12H2,(H2,23,26,27,28). The largest absolute Gasteiger partial charge is 0.467 e. The van der Waals surface area contributed by atoms with Gasteiger partial charge in [0.1, 0.15) is 11.2 Å². The zero-order valence-electron chi connectivity index (χ0n) is 15.9. The summed E-state index contributed by atoms with van der Waals surface area (Å²) < 4.78 is 5.63. The van der Waals surface area contributed by atoms with Gasteiger partial charge in [-0.2, -0.15) is 0 Å². The van der Waals surface area contributed by atoms with Gasteiger partial charge in [-0.3, -0.25) is 10.1 Å². The average Bonchev–Trinajstić information content (AvgIpc) is 3.22. The van der Waals surface area contributed by atoms with Crippen LogP contribution in [0.15, 0.2) is 72.4 Å². The highest BCUT2D eigenvalue weighted by Crippen LogP contribution is 2.37. The Morgan fingerprint density at radius 3 is 2.47 bits per heavy atom. The van der Waals surface area contributed by atoms with Gasteiger partial charge < -0.3 is 10.1 Å². The van der Waals surface area contributed by atoms with E-state index in [1.807, 2.05) is 66.0 Å². The van der Waals surface area contributed by atoms with Crippen molar-refractivity contribution in [3.8, 4) is 17.0 Å². The Hall–Kier alpha value is -3.78. The second-order valence-corrected chi connectivity index (χ2v) is 7.24. The molecule has 0 bridgehead atoms. The SMILES string of the molecule is O=C(COc1ncnc2scc(-c3ccccc3)c12)NC(=O)NCc1ccccc1. The van der Waals surface area contributed by atoms with Gasteiger partial charge >= 0.3 is 6.03 Å². The third kappa shape index (κ3) is 4.61. The lowest BCUT2D eigenvalue weighted by Gasteiger charge is -2.09. The van der Waals surface area contributed by atoms with E-state index in [0.717, 1.165) is 26.9 Å². The number of hydrogen-bond donors (Lipinski definition) is 2. The van der Waals surface area contributed by atoms with Gasteiger partial charge in [-0.05, 0) is 11.1 Å². The van der Waals surface area contributed by atoms with Crippen LogP contribution in [0.5, 0.6) is 5.88 Å². The molecule has 0 aliphatic carbocycles. The van der Waals surface area contributed by atoms with Gasteiger partial charge in [0.25, 0.3) is 5.91 Å². The van der Waals surface area contributed by atoms with Crippen molar-refractivity contribution in [3.05, 3.63) is 77.9 Å². The third-order valence-corrected chi connectivity index (χ3v) is 5.20. The maximum atomic E-state index is 12.1. The first kappa shape index (κ1) is 19.5. The Morgan fingerprint density at radius 1 is 0.967 bits per heavy atom. The van der Waals surface area contributed by atoms with E-state index in [1.165, 1.54) is 17.7 Å². The number of rotatable bonds is 6. The lowest BCUT2D eigenvalue weighted by Crippen LogP contribution is -2.41. The molecule has 8 heteroatoms. The number of ether oxygens (including phenoxy) is 1. The number of hydrogen-bond acceptors (Lipinski definition) is 6. The molecular formula is C22H18N4O3S. The zero-order chi connectivity index (χ0) is 20.8. The van der Waals surface area contributed by atoms with Crippen LogP contribution in [0.3, 0.4) is 0 Å². The normalized spacial score (nSPS) is 10.5. The first-order valence-electron chi connectivity index (χ1n) is 9.23. The first-order chi connectivity index (χ1) is 14.7. The molecule has 2 N–H and O–H groups in total. The number of fused-ring (bicyclic) bond motifs is 1. The quantitative estimate of drug-likeness (QED) is 0.497. The monoisotopic (exact) mass is 418 g/mol. The Labute approximate surface area is 176 Å². The number of imide groups is 1. The highest BCUT2D eigenvalue weighted by molar-refractivity contribution is 7.17. The van der Waals surface area contributed by atoms with E-state index >= 15 is 0 Å². The van der Waals surface area contributed by atoms with E-state index in [9.17, 15) is 9.59 Å². The highest BCUT2D eigenvalue weighted by Gasteiger charge is 2.16. The predicted octanol–water partition coefficient (Wildman–Crippen LogP) is 3.76. The first-order valence-corrected chi connectivity index (χ1v) is 10.1. The maximum absolute atomic E-state index is 12.1. The fraction of sp³-hybridized carbons (Fsp3) is 0.0909. The van der Waals surface area contributed by atoms with E-state index in [2.05, 4.69) is 20.6 Å². The van der Waals surface area contributed by atoms with Crippen LogP contribution in [0.4, 0.5) is 4.79 Å². The van der Waals surface area contributed by atoms with Crippen LogP contribution in [0, 0.1) is 0 Å². The van der Waals surface area contributed by atoms with E-state index in [4.69, 9.17) is 4.74 Å². The average molecular weight is 418 g/mol. The molecule has 4 aromatic rings. The number of aromatic nitrogens is 2. The van der Waals surface area contributed by atoms with Crippen molar-refractivity contribution in [2.45, 2.75) is 6.54 Å². The van der Waals surface area contributed by atoms with Crippen LogP contribution in [0.1, 0.15) is 5.56 Å². The number of benzene rings is 2. The minimum absolute atomic E-state index is 0.306. The molecule has 30 heavy (non-hydrogen) atoms. The van der Waals surface area contributed by atoms with Gasteiger partial charge in [0.15, 0.2) is 6.61 Å². The molecule has 0 fully saturated rings. The zero-order valence-corrected chi connectivity index (χ0v) is 16.7. The molecule has 0 spiro atoms. The fourth-order valence-corrected chi connectivity index (χ4v) is 3.81. The number of thiophene rings is 1. The second kappa shape index (κ2) is 9.15. The Bertz CT molecular complexity index is 1160. The van der Waals surface area contributed by atoms with Crippen molar-refractivity contribution in [2.75, 3.05) is 6.61 Å². The number of carbonyl (C=O) groups excluding carboxylic acids is 2. The summed E-state index contributed by atoms with van der Waals surface area (Å²) in [7, 11) is 0. The molecule has 0 aliphatic heterocycles. The van der Waals surface area contributed by atoms with Crippen LogP contribution in [0.25, 0.3) is 21.3 Å². The summed E-state index contributed by atoms with van der Waals surface area (Å²) in [6.07, 6.45) is 1.40. The van der Waals surface area contributed by atoms with Crippen LogP contribution in [-0.2, 0) is 11.3 Å². The highest BCUT2D eigenvalue weighted by atomic mass is 32.1. The van der Waals surface area contributed by atoms with E-state index < -0.39 is 11.9 Å². The van der Waals surface area contributed by atoms with Crippen LogP contribution in [0.2, 0.25) is 0 Å². The third-order valence-electron chi connectivity index (χ3n) is 4.31. The van der Waals surface area contributed by atoms with Crippen molar-refractivity contribution in [1.82, 2.24) is 20.6 Å². The molecule has 0 atom stereocenters. The summed E-state index contributed by atoms with van der Waals surface area (Å²) in [5, 5.41) is 7.62. The van der Waals surface area contributed by atoms with Crippen molar-refractivity contribution in [2.24, 2.45) is 0 Å². The molecule has 4 rings (SSSR count). The lowest BCUT2D eigenvalue weighted by atomic mass is 10.1. The molecule has 0 radical (unpaired) electrons. The van der Waals surface area contributed by atoms with Crippen molar-refractivity contribution < 1.29 is 14.3 Å². The summed E-state index contributed by atoms with van der Waals surface area (Å²) in [5.41, 5.74) is 2.88. The fourth-order valence-electron chi connectivity index (χ4n) is 2.91. The number of nitrogens with one attached hydrogen (secondary N) is 2. The van der Waals surface area contributed by atoms with Crippen molar-refractivity contribution in [3.63, 3.8) is 0 Å². The van der Waals surface area contributed by atoms with Crippen LogP contribution < -0.4 is 15.4 Å². The summed E-state index contributed by atoms with van der Waals surface area (Å²) >= 11 is 1.48. The molecule has 0 aliphatic rings. The minimum Gasteiger partial charge on any atom is -0.467 e. The minimum atomic E-state index is -0.583. The second-order valence-electron chi connectivity index (χ2n) is 6.38. The molecule has 0 saturated carbocycles. The van der Waals surface area contributed by atoms with Gasteiger partial charge in [-0.1, -0.05) is 60.7 Å². The summed E-state index contributed by atoms with van der Waals surface area (Å²) in [6, 6.07) is 18.7. The van der Waals surface area contributed by atoms with Gasteiger partial charge in [-0.15, -0.1) is 11.3 Å². The molecule has 2 aromatic carbocycles. The molecule has 2 heterocycles. The molecule has 0 unspecified atom stereocenters. The van der Waals surface area contributed by atoms with Crippen molar-refractivity contribution in [1.29, 1.82) is 0 Å². The van der Waals surface area contributed by atoms with E-state index in [1.54, 1.807) is 0 Å². The topological polar surface area (TPSA) is 93.2 Å². The van der Waals surface area contributed by atoms with Crippen LogP contribution >= 0.6 is 11.3 Å². The lowest BCUT2D eigenvalue weighted by molar-refractivity contribution is -0.122. The molecule has 0 saturated heterocycles. The van der Waals surface area contributed by atoms with Gasteiger partial charge in [0, 0.05) is 17.5 Å². The number of amides is 3. The smallest absolute Gasteiger partial charge is 0.321 e. The summed E-state index contributed by atoms with van der Waals surface area (Å²) in [4.78, 5) is 33.3. The summed E-state index contributed by atoms with van der Waals surface area (Å²) in [6.45, 7) is -0.0162. The predicted molar refractivity (Wildman–Crippen MR) is 115 cm³/mol. The van der Waals surface area contributed by atoms with Crippen molar-refractivity contribution >= 4 is 33.5 Å². The van der Waals surface area contributed by atoms with Gasteiger partial charge in [-0.25, -0.2) is 14.8 Å². The number of urea groups is 1. The Balaban J connectivity index is 1.39. The summed E-state index contributed by atoms with van der Waals surface area (Å²) in [5.74, 6) is -0.260. The molecule has 7 nitrogen and oxygen atoms in total. The van der Waals surface area contributed by atoms with E-state index in [0.29, 0.717) is 12.4 Å². The maximum Gasteiger partial charge on any atom is 0.321 e. The molecular weight excluding hydrogens is 400 g/mol. The Kier molecular flexibility index (Phi) is 5.95. The molecule has 3 amide bonds. The van der Waals surface area contributed by atoms with Gasteiger partial charge in [0.2, 0.25) is 5.88 Å².